The summed E-state index contributed by atoms with van der Waals surface area (Å²) in [6, 6.07) is 71.6. The van der Waals surface area contributed by atoms with E-state index in [4.69, 9.17) is 23.8 Å². The largest absolute Gasteiger partial charge is 0.456 e. The lowest BCUT2D eigenvalue weighted by Crippen LogP contribution is -2.00. The lowest BCUT2D eigenvalue weighted by Gasteiger charge is -2.11. The van der Waals surface area contributed by atoms with Crippen LogP contribution >= 0.6 is 0 Å². The molecule has 0 N–H and O–H groups in total. The fraction of sp³-hybridized carbons (Fsp3) is 0. The highest BCUT2D eigenvalue weighted by atomic mass is 16.3. The molecule has 0 bridgehead atoms. The van der Waals surface area contributed by atoms with Crippen molar-refractivity contribution in [3.63, 3.8) is 0 Å². The molecule has 13 rings (SSSR count). The monoisotopic (exact) mass is 806 g/mol. The first kappa shape index (κ1) is 35.2. The van der Waals surface area contributed by atoms with Crippen LogP contribution in [-0.2, 0) is 0 Å². The van der Waals surface area contributed by atoms with Gasteiger partial charge in [0.15, 0.2) is 17.5 Å². The van der Waals surface area contributed by atoms with E-state index in [0.717, 1.165) is 99.5 Å². The summed E-state index contributed by atoms with van der Waals surface area (Å²) in [5.74, 6) is 1.83. The molecule has 0 spiro atoms. The van der Waals surface area contributed by atoms with Crippen LogP contribution in [0, 0.1) is 0 Å². The Morgan fingerprint density at radius 2 is 0.889 bits per heavy atom. The van der Waals surface area contributed by atoms with Gasteiger partial charge in [-0.3, -0.25) is 0 Å². The third-order valence-corrected chi connectivity index (χ3v) is 12.3. The van der Waals surface area contributed by atoms with Gasteiger partial charge in [0.25, 0.3) is 0 Å². The topological polar surface area (TPSA) is 69.9 Å². The summed E-state index contributed by atoms with van der Waals surface area (Å²) in [5, 5.41) is 6.58. The van der Waals surface area contributed by atoms with Crippen molar-refractivity contribution in [3.8, 4) is 62.1 Å². The smallest absolute Gasteiger partial charge is 0.164 e. The highest BCUT2D eigenvalue weighted by molar-refractivity contribution is 6.14. The average Bonchev–Trinajstić information content (AvgIpc) is 4.04. The van der Waals surface area contributed by atoms with Crippen molar-refractivity contribution in [1.82, 2.24) is 19.5 Å². The molecule has 13 aromatic rings. The van der Waals surface area contributed by atoms with Crippen LogP contribution in [0.15, 0.2) is 215 Å². The molecule has 0 aliphatic rings. The fourth-order valence-electron chi connectivity index (χ4n) is 9.34. The summed E-state index contributed by atoms with van der Waals surface area (Å²) in [5.41, 5.74) is 13.9. The second kappa shape index (κ2) is 14.0. The first-order valence-corrected chi connectivity index (χ1v) is 21.1. The molecule has 0 atom stereocenters. The Balaban J connectivity index is 0.945. The van der Waals surface area contributed by atoms with Gasteiger partial charge in [-0.25, -0.2) is 15.0 Å². The van der Waals surface area contributed by atoms with Crippen molar-refractivity contribution in [2.45, 2.75) is 0 Å². The molecule has 0 fully saturated rings. The molecule has 6 nitrogen and oxygen atoms in total. The number of furan rings is 2. The Bertz CT molecular complexity index is 3860. The third kappa shape index (κ3) is 5.69. The molecular formula is C57H34N4O2. The molecule has 9 aromatic carbocycles. The van der Waals surface area contributed by atoms with E-state index in [-0.39, 0.29) is 0 Å². The SMILES string of the molecule is c1ccc(-c2nc(-c3ccccc3)nc(-c3cccc4oc5ccc(-c6ccc7c(c6)c6ccccc6n7-c6cccc(-c7cccc8c7oc7ccccc78)c6)cc5c34)n2)cc1. The van der Waals surface area contributed by atoms with E-state index in [1.807, 2.05) is 84.9 Å². The van der Waals surface area contributed by atoms with Gasteiger partial charge in [0, 0.05) is 60.3 Å². The summed E-state index contributed by atoms with van der Waals surface area (Å²) in [6.07, 6.45) is 0. The summed E-state index contributed by atoms with van der Waals surface area (Å²) < 4.78 is 15.3. The molecule has 0 saturated carbocycles. The van der Waals surface area contributed by atoms with Crippen LogP contribution in [0.1, 0.15) is 0 Å². The Labute approximate surface area is 361 Å². The van der Waals surface area contributed by atoms with E-state index in [9.17, 15) is 0 Å². The quantitative estimate of drug-likeness (QED) is 0.167. The standard InChI is InChI=1S/C57H34N4O2/c1-3-14-35(15-4-1)55-58-56(36-16-5-2-6-17-36)60-57(59-55)45-24-13-27-52-53(45)47-34-38(29-31-51(47)62-52)37-28-30-49-46(33-37)42-20-7-9-25-48(42)61(49)40-19-11-18-39(32-40)41-22-12-23-44-43-21-8-10-26-50(43)63-54(41)44/h1-34H. The third-order valence-electron chi connectivity index (χ3n) is 12.3. The minimum absolute atomic E-state index is 0.592. The van der Waals surface area contributed by atoms with Gasteiger partial charge in [-0.1, -0.05) is 152 Å². The van der Waals surface area contributed by atoms with Gasteiger partial charge in [-0.2, -0.15) is 0 Å². The van der Waals surface area contributed by atoms with Crippen LogP contribution < -0.4 is 0 Å². The molecule has 63 heavy (non-hydrogen) atoms. The maximum atomic E-state index is 6.52. The lowest BCUT2D eigenvalue weighted by atomic mass is 9.99. The minimum atomic E-state index is 0.592. The maximum Gasteiger partial charge on any atom is 0.164 e. The van der Waals surface area contributed by atoms with E-state index < -0.39 is 0 Å². The number of benzene rings is 9. The van der Waals surface area contributed by atoms with Crippen LogP contribution in [0.25, 0.3) is 128 Å². The highest BCUT2D eigenvalue weighted by Gasteiger charge is 2.20. The molecule has 294 valence electrons. The van der Waals surface area contributed by atoms with E-state index in [1.165, 1.54) is 10.8 Å². The van der Waals surface area contributed by atoms with Gasteiger partial charge < -0.3 is 13.4 Å². The van der Waals surface area contributed by atoms with Gasteiger partial charge in [0.05, 0.1) is 11.0 Å². The molecule has 0 unspecified atom stereocenters. The zero-order valence-corrected chi connectivity index (χ0v) is 33.7. The molecule has 0 saturated heterocycles. The number of fused-ring (bicyclic) bond motifs is 9. The Kier molecular flexibility index (Phi) is 7.80. The van der Waals surface area contributed by atoms with E-state index in [1.54, 1.807) is 0 Å². The molecule has 4 heterocycles. The highest BCUT2D eigenvalue weighted by Crippen LogP contribution is 2.41. The van der Waals surface area contributed by atoms with Crippen LogP contribution in [0.4, 0.5) is 0 Å². The van der Waals surface area contributed by atoms with Gasteiger partial charge in [0.2, 0.25) is 0 Å². The summed E-state index contributed by atoms with van der Waals surface area (Å²) in [7, 11) is 0. The van der Waals surface area contributed by atoms with Crippen molar-refractivity contribution in [2.75, 3.05) is 0 Å². The van der Waals surface area contributed by atoms with Crippen LogP contribution in [-0.4, -0.2) is 19.5 Å². The zero-order chi connectivity index (χ0) is 41.4. The number of para-hydroxylation sites is 3. The zero-order valence-electron chi connectivity index (χ0n) is 33.7. The second-order valence-corrected chi connectivity index (χ2v) is 15.9. The number of nitrogens with zero attached hydrogens (tertiary/aromatic N) is 4. The number of hydrogen-bond donors (Lipinski definition) is 0. The predicted octanol–water partition coefficient (Wildman–Crippen LogP) is 15.1. The first-order valence-electron chi connectivity index (χ1n) is 21.1. The first-order chi connectivity index (χ1) is 31.2. The molecule has 4 aromatic heterocycles. The number of rotatable bonds is 6. The fourth-order valence-corrected chi connectivity index (χ4v) is 9.34. The predicted molar refractivity (Wildman–Crippen MR) is 256 cm³/mol. The normalized spacial score (nSPS) is 11.8. The minimum Gasteiger partial charge on any atom is -0.456 e. The van der Waals surface area contributed by atoms with E-state index in [0.29, 0.717) is 17.5 Å². The van der Waals surface area contributed by atoms with Crippen molar-refractivity contribution in [1.29, 1.82) is 0 Å². The second-order valence-electron chi connectivity index (χ2n) is 15.9. The van der Waals surface area contributed by atoms with E-state index >= 15 is 0 Å². The maximum absolute atomic E-state index is 6.52. The van der Waals surface area contributed by atoms with Gasteiger partial charge in [0.1, 0.15) is 22.3 Å². The Morgan fingerprint density at radius 1 is 0.317 bits per heavy atom. The average molecular weight is 807 g/mol. The van der Waals surface area contributed by atoms with Crippen molar-refractivity contribution < 1.29 is 8.83 Å². The van der Waals surface area contributed by atoms with Gasteiger partial charge >= 0.3 is 0 Å². The number of hydrogen-bond acceptors (Lipinski definition) is 5. The summed E-state index contributed by atoms with van der Waals surface area (Å²) in [4.78, 5) is 15.1. The Hall–Kier alpha value is -8.61. The van der Waals surface area contributed by atoms with E-state index in [2.05, 4.69) is 126 Å². The molecule has 6 heteroatoms. The van der Waals surface area contributed by atoms with Crippen LogP contribution in [0.3, 0.4) is 0 Å². The van der Waals surface area contributed by atoms with Gasteiger partial charge in [-0.15, -0.1) is 0 Å². The van der Waals surface area contributed by atoms with Crippen molar-refractivity contribution in [2.24, 2.45) is 0 Å². The molecule has 0 amide bonds. The molecule has 0 aliphatic heterocycles. The molecular weight excluding hydrogens is 773 g/mol. The van der Waals surface area contributed by atoms with Crippen LogP contribution in [0.5, 0.6) is 0 Å². The molecule has 0 aliphatic carbocycles. The van der Waals surface area contributed by atoms with Gasteiger partial charge in [-0.05, 0) is 71.3 Å². The molecule has 0 radical (unpaired) electrons. The Morgan fingerprint density at radius 3 is 1.70 bits per heavy atom. The van der Waals surface area contributed by atoms with Crippen molar-refractivity contribution >= 4 is 65.7 Å². The summed E-state index contributed by atoms with van der Waals surface area (Å²) >= 11 is 0. The van der Waals surface area contributed by atoms with Crippen molar-refractivity contribution in [3.05, 3.63) is 206 Å². The van der Waals surface area contributed by atoms with Crippen LogP contribution in [0.2, 0.25) is 0 Å². The number of aromatic nitrogens is 4. The summed E-state index contributed by atoms with van der Waals surface area (Å²) in [6.45, 7) is 0. The lowest BCUT2D eigenvalue weighted by molar-refractivity contribution is 0.669.